The number of aromatic amines is 1. The maximum Gasteiger partial charge on any atom is 0.330 e. The van der Waals surface area contributed by atoms with Crippen LogP contribution in [0.5, 0.6) is 11.5 Å². The number of imide groups is 1. The number of rotatable bonds is 14. The first-order valence-corrected chi connectivity index (χ1v) is 17.5. The zero-order valence-corrected chi connectivity index (χ0v) is 30.2. The predicted octanol–water partition coefficient (Wildman–Crippen LogP) is 3.74. The summed E-state index contributed by atoms with van der Waals surface area (Å²) in [4.78, 5) is 58.8. The molecule has 0 radical (unpaired) electrons. The van der Waals surface area contributed by atoms with E-state index in [0.717, 1.165) is 21.3 Å². The summed E-state index contributed by atoms with van der Waals surface area (Å²) in [7, 11) is 3.16. The molecule has 284 valence electrons. The second-order valence-corrected chi connectivity index (χ2v) is 13.0. The number of aliphatic hydroxyl groups is 1. The SMILES string of the molecule is COc1ccc(C(OC[C@H]2O[C@@H](n3cc(C)c(=O)[nH]c3=O)[C@H](OCCON3C(=O)c4ccccc4C3=O)[C@@H]2O)(c2ccccc2)c2ccc(OC)cc2)cc1. The molecule has 1 aromatic heterocycles. The van der Waals surface area contributed by atoms with Gasteiger partial charge in [-0.3, -0.25) is 28.8 Å². The standard InChI is InChI=1S/C41H39N3O11/c1-25-23-43(40(49)42-36(25)46)39-35(52-21-22-54-44-37(47)31-11-7-8-12-32(31)38(44)48)34(45)33(55-39)24-53-41(26-9-5-4-6-10-26,27-13-17-29(50-2)18-14-27)28-15-19-30(51-3)20-16-28/h4-20,23,33-35,39,45H,21-22,24H2,1-3H3,(H,42,46,49)/t33-,34-,35-,39-/m1/s1. The predicted molar refractivity (Wildman–Crippen MR) is 197 cm³/mol. The van der Waals surface area contributed by atoms with Crippen LogP contribution in [0, 0.1) is 6.92 Å². The van der Waals surface area contributed by atoms with Crippen molar-refractivity contribution in [3.05, 3.63) is 164 Å². The van der Waals surface area contributed by atoms with Crippen molar-refractivity contribution < 1.29 is 43.2 Å². The number of carbonyl (C=O) groups excluding carboxylic acids is 2. The van der Waals surface area contributed by atoms with Crippen LogP contribution in [0.3, 0.4) is 0 Å². The van der Waals surface area contributed by atoms with Crippen LogP contribution in [0.25, 0.3) is 0 Å². The van der Waals surface area contributed by atoms with E-state index in [2.05, 4.69) is 4.98 Å². The Balaban J connectivity index is 1.18. The van der Waals surface area contributed by atoms with Gasteiger partial charge < -0.3 is 28.8 Å². The molecule has 3 heterocycles. The second kappa shape index (κ2) is 15.8. The Morgan fingerprint density at radius 1 is 0.745 bits per heavy atom. The number of benzene rings is 4. The van der Waals surface area contributed by atoms with E-state index in [-0.39, 0.29) is 36.5 Å². The van der Waals surface area contributed by atoms with Crippen LogP contribution in [-0.4, -0.2) is 83.9 Å². The summed E-state index contributed by atoms with van der Waals surface area (Å²) in [5.74, 6) is 0.0782. The first-order valence-electron chi connectivity index (χ1n) is 17.5. The van der Waals surface area contributed by atoms with E-state index in [4.69, 9.17) is 28.5 Å². The molecule has 4 aromatic carbocycles. The summed E-state index contributed by atoms with van der Waals surface area (Å²) < 4.78 is 31.5. The van der Waals surface area contributed by atoms with Gasteiger partial charge in [-0.1, -0.05) is 66.7 Å². The number of fused-ring (bicyclic) bond motifs is 1. The monoisotopic (exact) mass is 749 g/mol. The topological polar surface area (TPSA) is 168 Å². The molecule has 5 aromatic rings. The fraction of sp³-hybridized carbons (Fsp3) is 0.268. The Hall–Kier alpha value is -5.90. The second-order valence-electron chi connectivity index (χ2n) is 13.0. The molecule has 2 aliphatic heterocycles. The van der Waals surface area contributed by atoms with Gasteiger partial charge in [0.1, 0.15) is 35.4 Å². The molecule has 14 nitrogen and oxygen atoms in total. The number of nitrogens with one attached hydrogen (secondary N) is 1. The molecule has 4 atom stereocenters. The van der Waals surface area contributed by atoms with Crippen LogP contribution in [0.1, 0.15) is 49.2 Å². The number of hydroxylamine groups is 2. The van der Waals surface area contributed by atoms with E-state index in [1.54, 1.807) is 26.4 Å². The summed E-state index contributed by atoms with van der Waals surface area (Å²) in [6.45, 7) is 0.858. The minimum absolute atomic E-state index is 0.201. The van der Waals surface area contributed by atoms with E-state index in [0.29, 0.717) is 16.6 Å². The van der Waals surface area contributed by atoms with Crippen molar-refractivity contribution in [1.82, 2.24) is 14.6 Å². The number of hydrogen-bond donors (Lipinski definition) is 2. The number of aliphatic hydroxyl groups excluding tert-OH is 1. The number of hydrogen-bond acceptors (Lipinski definition) is 11. The zero-order valence-electron chi connectivity index (χ0n) is 30.2. The van der Waals surface area contributed by atoms with E-state index < -0.39 is 53.2 Å². The number of methoxy groups -OCH3 is 2. The Morgan fingerprint density at radius 3 is 1.85 bits per heavy atom. The lowest BCUT2D eigenvalue weighted by atomic mass is 9.80. The van der Waals surface area contributed by atoms with Gasteiger partial charge in [-0.2, -0.15) is 0 Å². The lowest BCUT2D eigenvalue weighted by Gasteiger charge is -2.37. The van der Waals surface area contributed by atoms with Crippen LogP contribution in [0.4, 0.5) is 0 Å². The van der Waals surface area contributed by atoms with Gasteiger partial charge in [0.15, 0.2) is 6.23 Å². The van der Waals surface area contributed by atoms with Gasteiger partial charge in [-0.25, -0.2) is 4.79 Å². The molecular weight excluding hydrogens is 710 g/mol. The lowest BCUT2D eigenvalue weighted by Crippen LogP contribution is -2.41. The number of nitrogens with zero attached hydrogens (tertiary/aromatic N) is 2. The fourth-order valence-corrected chi connectivity index (χ4v) is 6.91. The smallest absolute Gasteiger partial charge is 0.330 e. The summed E-state index contributed by atoms with van der Waals surface area (Å²) in [5, 5.41) is 12.5. The van der Waals surface area contributed by atoms with Crippen molar-refractivity contribution in [2.75, 3.05) is 34.0 Å². The van der Waals surface area contributed by atoms with E-state index in [9.17, 15) is 24.3 Å². The molecule has 2 amide bonds. The highest BCUT2D eigenvalue weighted by Gasteiger charge is 2.48. The summed E-state index contributed by atoms with van der Waals surface area (Å²) in [5.41, 5.74) is 0.353. The molecule has 1 saturated heterocycles. The molecule has 0 bridgehead atoms. The molecule has 0 saturated carbocycles. The Bertz CT molecular complexity index is 2190. The van der Waals surface area contributed by atoms with Crippen molar-refractivity contribution in [1.29, 1.82) is 0 Å². The third-order valence-corrected chi connectivity index (χ3v) is 9.74. The van der Waals surface area contributed by atoms with Crippen molar-refractivity contribution in [2.24, 2.45) is 0 Å². The first-order chi connectivity index (χ1) is 26.7. The molecular formula is C41H39N3O11. The number of aryl methyl sites for hydroxylation is 1. The average molecular weight is 750 g/mol. The van der Waals surface area contributed by atoms with Crippen molar-refractivity contribution >= 4 is 11.8 Å². The normalized spacial score (nSPS) is 19.5. The Morgan fingerprint density at radius 2 is 1.29 bits per heavy atom. The van der Waals surface area contributed by atoms with Crippen LogP contribution >= 0.6 is 0 Å². The minimum Gasteiger partial charge on any atom is -0.497 e. The minimum atomic E-state index is -1.37. The molecule has 55 heavy (non-hydrogen) atoms. The molecule has 14 heteroatoms. The number of amides is 2. The van der Waals surface area contributed by atoms with Gasteiger partial charge in [-0.15, -0.1) is 5.06 Å². The number of ether oxygens (including phenoxy) is 5. The van der Waals surface area contributed by atoms with E-state index in [1.807, 2.05) is 78.9 Å². The van der Waals surface area contributed by atoms with Gasteiger partial charge in [-0.05, 0) is 60.0 Å². The largest absolute Gasteiger partial charge is 0.497 e. The van der Waals surface area contributed by atoms with Crippen molar-refractivity contribution in [3.63, 3.8) is 0 Å². The number of H-pyrrole nitrogens is 1. The maximum atomic E-state index is 13.1. The highest BCUT2D eigenvalue weighted by molar-refractivity contribution is 6.20. The quantitative estimate of drug-likeness (QED) is 0.0965. The zero-order chi connectivity index (χ0) is 38.7. The van der Waals surface area contributed by atoms with E-state index in [1.165, 1.54) is 25.3 Å². The Labute approximate surface area is 315 Å². The van der Waals surface area contributed by atoms with Gasteiger partial charge in [0.25, 0.3) is 17.4 Å². The van der Waals surface area contributed by atoms with Gasteiger partial charge >= 0.3 is 5.69 Å². The van der Waals surface area contributed by atoms with Crippen LogP contribution in [0.2, 0.25) is 0 Å². The highest BCUT2D eigenvalue weighted by atomic mass is 16.7. The van der Waals surface area contributed by atoms with Crippen LogP contribution < -0.4 is 20.7 Å². The molecule has 2 aliphatic rings. The number of carbonyl (C=O) groups is 2. The third kappa shape index (κ3) is 7.09. The van der Waals surface area contributed by atoms with Crippen molar-refractivity contribution in [3.8, 4) is 11.5 Å². The summed E-state index contributed by atoms with van der Waals surface area (Å²) in [6, 6.07) is 30.8. The lowest BCUT2D eigenvalue weighted by molar-refractivity contribution is -0.129. The summed E-state index contributed by atoms with van der Waals surface area (Å²) >= 11 is 0. The third-order valence-electron chi connectivity index (χ3n) is 9.74. The molecule has 0 unspecified atom stereocenters. The van der Waals surface area contributed by atoms with Gasteiger partial charge in [0.05, 0.1) is 45.2 Å². The first kappa shape index (κ1) is 37.4. The summed E-state index contributed by atoms with van der Waals surface area (Å²) in [6.07, 6.45) is -3.51. The van der Waals surface area contributed by atoms with E-state index >= 15 is 0 Å². The maximum absolute atomic E-state index is 13.1. The van der Waals surface area contributed by atoms with Crippen LogP contribution in [-0.2, 0) is 24.6 Å². The van der Waals surface area contributed by atoms with Gasteiger partial charge in [0, 0.05) is 11.8 Å². The molecule has 2 N–H and O–H groups in total. The molecule has 0 aliphatic carbocycles. The Kier molecular flexibility index (Phi) is 10.8. The molecule has 7 rings (SSSR count). The molecule has 0 spiro atoms. The number of aromatic nitrogens is 2. The fourth-order valence-electron chi connectivity index (χ4n) is 6.91. The highest BCUT2D eigenvalue weighted by Crippen LogP contribution is 2.43. The van der Waals surface area contributed by atoms with Gasteiger partial charge in [0.2, 0.25) is 0 Å². The average Bonchev–Trinajstić information content (AvgIpc) is 3.66. The van der Waals surface area contributed by atoms with Crippen molar-refractivity contribution in [2.45, 2.75) is 37.1 Å². The van der Waals surface area contributed by atoms with Crippen LogP contribution in [0.15, 0.2) is 119 Å². The molecule has 1 fully saturated rings.